The fraction of sp³-hybridized carbons (Fsp3) is 0.385. The lowest BCUT2D eigenvalue weighted by Gasteiger charge is -2.13. The van der Waals surface area contributed by atoms with Crippen molar-refractivity contribution >= 4 is 17.5 Å². The van der Waals surface area contributed by atoms with Gasteiger partial charge in [0.05, 0.1) is 6.54 Å². The van der Waals surface area contributed by atoms with Crippen molar-refractivity contribution in [2.45, 2.75) is 13.2 Å². The number of ether oxygens (including phenoxy) is 2. The van der Waals surface area contributed by atoms with Gasteiger partial charge in [-0.2, -0.15) is 0 Å². The zero-order valence-corrected chi connectivity index (χ0v) is 11.2. The lowest BCUT2D eigenvalue weighted by Crippen LogP contribution is -2.40. The highest BCUT2D eigenvalue weighted by molar-refractivity contribution is 6.39. The van der Waals surface area contributed by atoms with Crippen LogP contribution in [0.1, 0.15) is 5.56 Å². The first-order valence-electron chi connectivity index (χ1n) is 5.78. The van der Waals surface area contributed by atoms with E-state index in [1.165, 1.54) is 14.2 Å². The highest BCUT2D eigenvalue weighted by atomic mass is 16.7. The molecule has 0 aromatic heterocycles. The molecule has 0 aliphatic rings. The van der Waals surface area contributed by atoms with Crippen LogP contribution in [-0.4, -0.2) is 38.9 Å². The van der Waals surface area contributed by atoms with E-state index in [4.69, 9.17) is 9.47 Å². The van der Waals surface area contributed by atoms with Gasteiger partial charge in [-0.05, 0) is 24.6 Å². The molecule has 0 heterocycles. The molecule has 1 rings (SSSR count). The molecule has 1 aromatic rings. The van der Waals surface area contributed by atoms with E-state index >= 15 is 0 Å². The van der Waals surface area contributed by atoms with E-state index < -0.39 is 18.1 Å². The third-order valence-electron chi connectivity index (χ3n) is 2.44. The molecule has 2 amide bonds. The Morgan fingerprint density at radius 1 is 1.21 bits per heavy atom. The van der Waals surface area contributed by atoms with E-state index in [-0.39, 0.29) is 6.54 Å². The molecular weight excluding hydrogens is 248 g/mol. The van der Waals surface area contributed by atoms with E-state index in [9.17, 15) is 9.59 Å². The van der Waals surface area contributed by atoms with Gasteiger partial charge in [0.25, 0.3) is 0 Å². The SMILES string of the molecule is COC(CNC(=O)C(=O)Nc1cccc(C)c1)OC. The number of rotatable bonds is 5. The largest absolute Gasteiger partial charge is 0.354 e. The monoisotopic (exact) mass is 266 g/mol. The van der Waals surface area contributed by atoms with Crippen molar-refractivity contribution in [3.8, 4) is 0 Å². The predicted molar refractivity (Wildman–Crippen MR) is 70.6 cm³/mol. The highest BCUT2D eigenvalue weighted by Gasteiger charge is 2.15. The second-order valence-electron chi connectivity index (χ2n) is 3.93. The Morgan fingerprint density at radius 3 is 2.47 bits per heavy atom. The summed E-state index contributed by atoms with van der Waals surface area (Å²) >= 11 is 0. The molecule has 0 atom stereocenters. The fourth-order valence-electron chi connectivity index (χ4n) is 1.43. The standard InChI is InChI=1S/C13H18N2O4/c1-9-5-4-6-10(7-9)15-13(17)12(16)14-8-11(18-2)19-3/h4-7,11H,8H2,1-3H3,(H,14,16)(H,15,17). The molecule has 1 aromatic carbocycles. The number of carbonyl (C=O) groups excluding carboxylic acids is 2. The van der Waals surface area contributed by atoms with Crippen LogP contribution >= 0.6 is 0 Å². The number of hydrogen-bond donors (Lipinski definition) is 2. The van der Waals surface area contributed by atoms with E-state index in [0.29, 0.717) is 5.69 Å². The number of methoxy groups -OCH3 is 2. The summed E-state index contributed by atoms with van der Waals surface area (Å²) in [6.07, 6.45) is -0.573. The van der Waals surface area contributed by atoms with Crippen LogP contribution in [0.15, 0.2) is 24.3 Å². The summed E-state index contributed by atoms with van der Waals surface area (Å²) in [5.41, 5.74) is 1.58. The molecule has 0 spiro atoms. The van der Waals surface area contributed by atoms with Gasteiger partial charge in [-0.25, -0.2) is 0 Å². The maximum Gasteiger partial charge on any atom is 0.313 e. The third kappa shape index (κ3) is 5.07. The normalized spacial score (nSPS) is 10.3. The third-order valence-corrected chi connectivity index (χ3v) is 2.44. The summed E-state index contributed by atoms with van der Waals surface area (Å²) < 4.78 is 9.79. The summed E-state index contributed by atoms with van der Waals surface area (Å²) in [6.45, 7) is 2.00. The summed E-state index contributed by atoms with van der Waals surface area (Å²) in [5.74, 6) is -1.46. The molecule has 6 nitrogen and oxygen atoms in total. The van der Waals surface area contributed by atoms with E-state index in [0.717, 1.165) is 5.56 Å². The molecule has 19 heavy (non-hydrogen) atoms. The molecule has 0 aliphatic heterocycles. The van der Waals surface area contributed by atoms with Crippen LogP contribution in [0.5, 0.6) is 0 Å². The zero-order chi connectivity index (χ0) is 14.3. The van der Waals surface area contributed by atoms with Gasteiger partial charge in [0.2, 0.25) is 0 Å². The molecule has 2 N–H and O–H groups in total. The van der Waals surface area contributed by atoms with Crippen molar-refractivity contribution in [3.63, 3.8) is 0 Å². The van der Waals surface area contributed by atoms with Crippen molar-refractivity contribution in [2.75, 3.05) is 26.1 Å². The Hall–Kier alpha value is -1.92. The molecule has 0 saturated carbocycles. The molecule has 0 fully saturated rings. The number of amides is 2. The number of nitrogens with one attached hydrogen (secondary N) is 2. The summed E-state index contributed by atoms with van der Waals surface area (Å²) in [6, 6.07) is 7.19. The molecule has 0 radical (unpaired) electrons. The lowest BCUT2D eigenvalue weighted by molar-refractivity contribution is -0.139. The number of anilines is 1. The van der Waals surface area contributed by atoms with Crippen LogP contribution in [0.4, 0.5) is 5.69 Å². The summed E-state index contributed by atoms with van der Waals surface area (Å²) in [5, 5.41) is 4.93. The molecule has 0 bridgehead atoms. The van der Waals surface area contributed by atoms with Crippen molar-refractivity contribution < 1.29 is 19.1 Å². The van der Waals surface area contributed by atoms with Gasteiger partial charge >= 0.3 is 11.8 Å². The Balaban J connectivity index is 2.47. The number of aryl methyl sites for hydroxylation is 1. The second kappa shape index (κ2) is 7.50. The van der Waals surface area contributed by atoms with Crippen LogP contribution < -0.4 is 10.6 Å². The molecule has 104 valence electrons. The minimum absolute atomic E-state index is 0.104. The van der Waals surface area contributed by atoms with Crippen LogP contribution in [-0.2, 0) is 19.1 Å². The van der Waals surface area contributed by atoms with Crippen molar-refractivity contribution in [2.24, 2.45) is 0 Å². The summed E-state index contributed by atoms with van der Waals surface area (Å²) in [7, 11) is 2.90. The first kappa shape index (κ1) is 15.1. The topological polar surface area (TPSA) is 76.7 Å². The smallest absolute Gasteiger partial charge is 0.313 e. The van der Waals surface area contributed by atoms with Crippen molar-refractivity contribution in [1.29, 1.82) is 0 Å². The van der Waals surface area contributed by atoms with Gasteiger partial charge < -0.3 is 20.1 Å². The molecule has 6 heteroatoms. The van der Waals surface area contributed by atoms with Crippen molar-refractivity contribution in [1.82, 2.24) is 5.32 Å². The van der Waals surface area contributed by atoms with Gasteiger partial charge in [-0.1, -0.05) is 12.1 Å². The van der Waals surface area contributed by atoms with Crippen LogP contribution in [0.2, 0.25) is 0 Å². The Labute approximate surface area is 112 Å². The van der Waals surface area contributed by atoms with Gasteiger partial charge in [0.1, 0.15) is 0 Å². The summed E-state index contributed by atoms with van der Waals surface area (Å²) in [4.78, 5) is 23.1. The number of benzene rings is 1. The number of carbonyl (C=O) groups is 2. The molecule has 0 unspecified atom stereocenters. The average Bonchev–Trinajstić information content (AvgIpc) is 2.39. The maximum absolute atomic E-state index is 11.6. The van der Waals surface area contributed by atoms with Crippen LogP contribution in [0.25, 0.3) is 0 Å². The molecule has 0 saturated heterocycles. The van der Waals surface area contributed by atoms with Gasteiger partial charge in [-0.15, -0.1) is 0 Å². The van der Waals surface area contributed by atoms with E-state index in [2.05, 4.69) is 10.6 Å². The second-order valence-corrected chi connectivity index (χ2v) is 3.93. The van der Waals surface area contributed by atoms with E-state index in [1.807, 2.05) is 13.0 Å². The predicted octanol–water partition coefficient (Wildman–Crippen LogP) is 0.669. The van der Waals surface area contributed by atoms with Crippen LogP contribution in [0, 0.1) is 6.92 Å². The Morgan fingerprint density at radius 2 is 1.89 bits per heavy atom. The quantitative estimate of drug-likeness (QED) is 0.606. The van der Waals surface area contributed by atoms with Gasteiger partial charge in [-0.3, -0.25) is 9.59 Å². The molecule has 0 aliphatic carbocycles. The van der Waals surface area contributed by atoms with Crippen LogP contribution in [0.3, 0.4) is 0 Å². The minimum atomic E-state index is -0.736. The Bertz CT molecular complexity index is 444. The Kier molecular flexibility index (Phi) is 5.98. The van der Waals surface area contributed by atoms with Crippen molar-refractivity contribution in [3.05, 3.63) is 29.8 Å². The lowest BCUT2D eigenvalue weighted by atomic mass is 10.2. The number of hydrogen-bond acceptors (Lipinski definition) is 4. The fourth-order valence-corrected chi connectivity index (χ4v) is 1.43. The zero-order valence-electron chi connectivity index (χ0n) is 11.2. The van der Waals surface area contributed by atoms with Gasteiger partial charge in [0, 0.05) is 19.9 Å². The average molecular weight is 266 g/mol. The van der Waals surface area contributed by atoms with Gasteiger partial charge in [0.15, 0.2) is 6.29 Å². The maximum atomic E-state index is 11.6. The first-order chi connectivity index (χ1) is 9.06. The minimum Gasteiger partial charge on any atom is -0.354 e. The highest BCUT2D eigenvalue weighted by Crippen LogP contribution is 2.08. The van der Waals surface area contributed by atoms with E-state index in [1.54, 1.807) is 18.2 Å². The molecular formula is C13H18N2O4. The first-order valence-corrected chi connectivity index (χ1v) is 5.78.